The van der Waals surface area contributed by atoms with Crippen LogP contribution in [-0.2, 0) is 23.9 Å². The lowest BCUT2D eigenvalue weighted by atomic mass is 9.75. The molecule has 2 aromatic carbocycles. The summed E-state index contributed by atoms with van der Waals surface area (Å²) in [5.41, 5.74) is 14.0. The highest BCUT2D eigenvalue weighted by molar-refractivity contribution is 6.04. The first-order valence-electron chi connectivity index (χ1n) is 18.8. The molecule has 1 saturated heterocycles. The molecule has 2 bridgehead atoms. The van der Waals surface area contributed by atoms with Crippen LogP contribution in [-0.4, -0.2) is 59.7 Å². The number of esters is 1. The molecule has 0 radical (unpaired) electrons. The fourth-order valence-electron chi connectivity index (χ4n) is 9.25. The van der Waals surface area contributed by atoms with Gasteiger partial charge in [-0.25, -0.2) is 0 Å². The topological polar surface area (TPSA) is 130 Å². The lowest BCUT2D eigenvalue weighted by molar-refractivity contribution is -0.148. The number of hydrogen-bond donors (Lipinski definition) is 2. The van der Waals surface area contributed by atoms with Gasteiger partial charge in [0, 0.05) is 56.1 Å². The summed E-state index contributed by atoms with van der Waals surface area (Å²) in [4.78, 5) is 61.7. The van der Waals surface area contributed by atoms with Crippen LogP contribution in [0.25, 0.3) is 22.3 Å². The van der Waals surface area contributed by atoms with Gasteiger partial charge in [-0.15, -0.1) is 0 Å². The molecule has 10 nitrogen and oxygen atoms in total. The maximum absolute atomic E-state index is 13.6. The van der Waals surface area contributed by atoms with E-state index in [0.717, 1.165) is 83.3 Å². The number of benzene rings is 2. The van der Waals surface area contributed by atoms with E-state index >= 15 is 0 Å². The molecule has 10 heteroatoms. The number of allylic oxidation sites excluding steroid dienone is 2. The number of hydrogen-bond acceptors (Lipinski definition) is 7. The SMILES string of the molecule is COC(=O)C[C@H](C(=O)N1CCC[C@H]1C1=NC=C(c2ccc(-c3ccc(C4=CN=C([C@@H]5[C@H]6CC[C@H](C6)[C@H]5C(=O)NNC(C)=O)C4)cc3)cc2)C1)C(C)C. The quantitative estimate of drug-likeness (QED) is 0.219. The van der Waals surface area contributed by atoms with Gasteiger partial charge in [0.2, 0.25) is 17.7 Å². The predicted molar refractivity (Wildman–Crippen MR) is 201 cm³/mol. The Kier molecular flexibility index (Phi) is 10.3. The molecule has 3 heterocycles. The smallest absolute Gasteiger partial charge is 0.306 e. The average Bonchev–Trinajstić information content (AvgIpc) is 4.00. The lowest BCUT2D eigenvalue weighted by Crippen LogP contribution is -2.48. The Morgan fingerprint density at radius 3 is 1.98 bits per heavy atom. The molecule has 3 aliphatic heterocycles. The molecule has 0 spiro atoms. The molecule has 3 fully saturated rings. The zero-order valence-electron chi connectivity index (χ0n) is 30.6. The molecule has 2 aliphatic carbocycles. The monoisotopic (exact) mass is 703 g/mol. The van der Waals surface area contributed by atoms with Crippen molar-refractivity contribution in [3.63, 3.8) is 0 Å². The molecule has 0 aromatic heterocycles. The van der Waals surface area contributed by atoms with Gasteiger partial charge in [-0.3, -0.25) is 40.0 Å². The van der Waals surface area contributed by atoms with Crippen LogP contribution >= 0.6 is 0 Å². The summed E-state index contributed by atoms with van der Waals surface area (Å²) < 4.78 is 4.88. The number of nitrogens with zero attached hydrogens (tertiary/aromatic N) is 3. The van der Waals surface area contributed by atoms with Crippen molar-refractivity contribution in [1.82, 2.24) is 15.8 Å². The van der Waals surface area contributed by atoms with Gasteiger partial charge in [-0.2, -0.15) is 0 Å². The van der Waals surface area contributed by atoms with Crippen LogP contribution in [0, 0.1) is 35.5 Å². The predicted octanol–water partition coefficient (Wildman–Crippen LogP) is 6.38. The van der Waals surface area contributed by atoms with Gasteiger partial charge in [0.15, 0.2) is 0 Å². The second kappa shape index (κ2) is 15.0. The fourth-order valence-corrected chi connectivity index (χ4v) is 9.25. The van der Waals surface area contributed by atoms with Crippen molar-refractivity contribution in [2.45, 2.75) is 78.2 Å². The van der Waals surface area contributed by atoms with E-state index in [4.69, 9.17) is 14.7 Å². The summed E-state index contributed by atoms with van der Waals surface area (Å²) in [5.74, 6) is -0.296. The molecule has 6 atom stereocenters. The Morgan fingerprint density at radius 1 is 0.808 bits per heavy atom. The van der Waals surface area contributed by atoms with Crippen LogP contribution in [0.4, 0.5) is 0 Å². The number of carbonyl (C=O) groups excluding carboxylic acids is 4. The first-order chi connectivity index (χ1) is 25.1. The Bertz CT molecular complexity index is 1860. The molecule has 2 N–H and O–H groups in total. The van der Waals surface area contributed by atoms with Gasteiger partial charge in [0.1, 0.15) is 0 Å². The summed E-state index contributed by atoms with van der Waals surface area (Å²) in [5, 5.41) is 0. The number of ether oxygens (including phenoxy) is 1. The van der Waals surface area contributed by atoms with E-state index in [0.29, 0.717) is 24.8 Å². The number of carbonyl (C=O) groups is 4. The third-order valence-electron chi connectivity index (χ3n) is 12.0. The van der Waals surface area contributed by atoms with Crippen LogP contribution in [0.3, 0.4) is 0 Å². The Balaban J connectivity index is 0.948. The zero-order chi connectivity index (χ0) is 36.5. The molecule has 52 heavy (non-hydrogen) atoms. The highest BCUT2D eigenvalue weighted by atomic mass is 16.5. The Morgan fingerprint density at radius 2 is 1.38 bits per heavy atom. The summed E-state index contributed by atoms with van der Waals surface area (Å²) in [6, 6.07) is 17.1. The van der Waals surface area contributed by atoms with Crippen molar-refractivity contribution in [1.29, 1.82) is 0 Å². The van der Waals surface area contributed by atoms with Crippen LogP contribution in [0.1, 0.15) is 83.3 Å². The number of methoxy groups -OCH3 is 1. The maximum Gasteiger partial charge on any atom is 0.306 e. The fraction of sp³-hybridized carbons (Fsp3) is 0.476. The van der Waals surface area contributed by atoms with E-state index in [9.17, 15) is 19.2 Å². The van der Waals surface area contributed by atoms with Crippen molar-refractivity contribution in [3.05, 3.63) is 72.1 Å². The van der Waals surface area contributed by atoms with E-state index in [-0.39, 0.29) is 53.9 Å². The third-order valence-corrected chi connectivity index (χ3v) is 12.0. The minimum Gasteiger partial charge on any atom is -0.469 e. The van der Waals surface area contributed by atoms with Crippen molar-refractivity contribution in [2.24, 2.45) is 45.5 Å². The normalized spacial score (nSPS) is 25.4. The van der Waals surface area contributed by atoms with E-state index < -0.39 is 5.92 Å². The number of aliphatic imine (C=N–C) groups is 2. The first kappa shape index (κ1) is 35.5. The molecule has 272 valence electrons. The van der Waals surface area contributed by atoms with Crippen LogP contribution in [0.5, 0.6) is 0 Å². The summed E-state index contributed by atoms with van der Waals surface area (Å²) >= 11 is 0. The minimum atomic E-state index is -0.401. The van der Waals surface area contributed by atoms with Crippen molar-refractivity contribution >= 4 is 46.3 Å². The molecule has 0 unspecified atom stereocenters. The number of hydrazine groups is 1. The summed E-state index contributed by atoms with van der Waals surface area (Å²) in [6.45, 7) is 6.04. The van der Waals surface area contributed by atoms with Crippen LogP contribution < -0.4 is 10.9 Å². The molecule has 3 amide bonds. The van der Waals surface area contributed by atoms with E-state index in [1.54, 1.807) is 0 Å². The van der Waals surface area contributed by atoms with Gasteiger partial charge in [-0.1, -0.05) is 62.4 Å². The second-order valence-electron chi connectivity index (χ2n) is 15.4. The zero-order valence-corrected chi connectivity index (χ0v) is 30.6. The van der Waals surface area contributed by atoms with Gasteiger partial charge in [-0.05, 0) is 83.3 Å². The molecule has 7 rings (SSSR count). The van der Waals surface area contributed by atoms with Crippen molar-refractivity contribution in [3.8, 4) is 11.1 Å². The second-order valence-corrected chi connectivity index (χ2v) is 15.4. The van der Waals surface area contributed by atoms with E-state index in [1.807, 2.05) is 31.1 Å². The van der Waals surface area contributed by atoms with Gasteiger partial charge >= 0.3 is 5.97 Å². The van der Waals surface area contributed by atoms with Crippen molar-refractivity contribution < 1.29 is 23.9 Å². The number of amides is 3. The number of likely N-dealkylation sites (tertiary alicyclic amines) is 1. The molecular formula is C42H49N5O5. The minimum absolute atomic E-state index is 0.0187. The number of fused-ring (bicyclic) bond motifs is 2. The maximum atomic E-state index is 13.6. The van der Waals surface area contributed by atoms with Gasteiger partial charge < -0.3 is 9.64 Å². The standard InChI is InChI=1S/C42H49N5O5/c1-24(2)34(21-38(49)52-4)42(51)47-17-5-6-37(47)35-19-32(22-43-35)28-11-7-26(8-12-28)27-9-13-29(14-10-27)33-20-36(44-23-33)39-30-15-16-31(18-30)40(39)41(50)46-45-25(3)48/h7-14,22-24,30-31,34,37,39-40H,5-6,15-21H2,1-4H3,(H,45,48)(H,46,50)/t30-,31+,34-,37-,39-,40+/m0/s1. The lowest BCUT2D eigenvalue weighted by Gasteiger charge is -2.30. The third kappa shape index (κ3) is 7.12. The van der Waals surface area contributed by atoms with Crippen molar-refractivity contribution in [2.75, 3.05) is 13.7 Å². The Labute approximate surface area is 305 Å². The highest BCUT2D eigenvalue weighted by Gasteiger charge is 2.53. The molecule has 2 saturated carbocycles. The first-order valence-corrected chi connectivity index (χ1v) is 18.8. The molecular weight excluding hydrogens is 654 g/mol. The van der Waals surface area contributed by atoms with Gasteiger partial charge in [0.25, 0.3) is 0 Å². The van der Waals surface area contributed by atoms with E-state index in [2.05, 4.69) is 59.4 Å². The Hall–Kier alpha value is -4.86. The van der Waals surface area contributed by atoms with Gasteiger partial charge in [0.05, 0.1) is 31.4 Å². The number of rotatable bonds is 10. The molecule has 5 aliphatic rings. The summed E-state index contributed by atoms with van der Waals surface area (Å²) in [6.07, 6.45) is 10.5. The van der Waals surface area contributed by atoms with Crippen LogP contribution in [0.15, 0.2) is 70.9 Å². The summed E-state index contributed by atoms with van der Waals surface area (Å²) in [7, 11) is 1.37. The van der Waals surface area contributed by atoms with Crippen LogP contribution in [0.2, 0.25) is 0 Å². The highest BCUT2D eigenvalue weighted by Crippen LogP contribution is 2.54. The van der Waals surface area contributed by atoms with E-state index in [1.165, 1.54) is 14.0 Å². The number of nitrogens with one attached hydrogen (secondary N) is 2. The average molecular weight is 704 g/mol. The molecule has 2 aromatic rings. The largest absolute Gasteiger partial charge is 0.469 e.